The number of rotatable bonds is 6. The molecule has 0 aliphatic carbocycles. The highest BCUT2D eigenvalue weighted by molar-refractivity contribution is 6.05. The zero-order valence-electron chi connectivity index (χ0n) is 16.7. The van der Waals surface area contributed by atoms with Gasteiger partial charge in [0.15, 0.2) is 0 Å². The zero-order valence-corrected chi connectivity index (χ0v) is 16.7. The first-order valence-corrected chi connectivity index (χ1v) is 9.54. The van der Waals surface area contributed by atoms with Gasteiger partial charge in [0.25, 0.3) is 11.5 Å². The van der Waals surface area contributed by atoms with Gasteiger partial charge in [0, 0.05) is 24.7 Å². The Morgan fingerprint density at radius 1 is 1.00 bits per heavy atom. The third-order valence-electron chi connectivity index (χ3n) is 4.52. The molecule has 4 aromatic rings. The summed E-state index contributed by atoms with van der Waals surface area (Å²) in [5, 5.41) is 7.11. The first kappa shape index (κ1) is 20.0. The average Bonchev–Trinajstić information content (AvgIpc) is 2.81. The second-order valence-electron chi connectivity index (χ2n) is 6.70. The number of hydrogen-bond donors (Lipinski definition) is 1. The van der Waals surface area contributed by atoms with Crippen LogP contribution >= 0.6 is 0 Å². The van der Waals surface area contributed by atoms with Crippen molar-refractivity contribution in [2.75, 3.05) is 5.32 Å². The lowest BCUT2D eigenvalue weighted by molar-refractivity contribution is 0.102. The molecule has 31 heavy (non-hydrogen) atoms. The molecule has 2 aromatic carbocycles. The van der Waals surface area contributed by atoms with Gasteiger partial charge in [-0.25, -0.2) is 14.6 Å². The number of hydrogen-bond acceptors (Lipinski definition) is 6. The van der Waals surface area contributed by atoms with E-state index >= 15 is 0 Å². The van der Waals surface area contributed by atoms with Gasteiger partial charge < -0.3 is 10.1 Å². The summed E-state index contributed by atoms with van der Waals surface area (Å²) in [6.07, 6.45) is 1.29. The standard InChI is InChI=1S/C23H19N5O3/c1-28-22(29)12-11-19(27-28)17-9-5-6-10-18(17)26-23(30)20-13-21(25-15-24-20)31-14-16-7-3-2-4-8-16/h2-13,15H,14H2,1H3,(H,26,30). The third kappa shape index (κ3) is 4.81. The minimum Gasteiger partial charge on any atom is -0.473 e. The summed E-state index contributed by atoms with van der Waals surface area (Å²) in [4.78, 5) is 32.6. The second kappa shape index (κ2) is 9.00. The summed E-state index contributed by atoms with van der Waals surface area (Å²) in [6, 6.07) is 21.4. The van der Waals surface area contributed by atoms with Crippen molar-refractivity contribution in [3.05, 3.63) is 101 Å². The van der Waals surface area contributed by atoms with Crippen molar-refractivity contribution in [1.82, 2.24) is 19.7 Å². The summed E-state index contributed by atoms with van der Waals surface area (Å²) in [6.45, 7) is 0.333. The van der Waals surface area contributed by atoms with Crippen LogP contribution in [0.3, 0.4) is 0 Å². The Morgan fingerprint density at radius 2 is 1.77 bits per heavy atom. The van der Waals surface area contributed by atoms with Crippen LogP contribution in [0.25, 0.3) is 11.3 Å². The highest BCUT2D eigenvalue weighted by atomic mass is 16.5. The molecule has 0 saturated heterocycles. The topological polar surface area (TPSA) is 99.0 Å². The molecule has 154 valence electrons. The Kier molecular flexibility index (Phi) is 5.79. The number of nitrogens with zero attached hydrogens (tertiary/aromatic N) is 4. The van der Waals surface area contributed by atoms with Crippen molar-refractivity contribution in [2.45, 2.75) is 6.61 Å². The molecular formula is C23H19N5O3. The number of carbonyl (C=O) groups excluding carboxylic acids is 1. The lowest BCUT2D eigenvalue weighted by Crippen LogP contribution is -2.19. The molecule has 0 radical (unpaired) electrons. The number of nitrogens with one attached hydrogen (secondary N) is 1. The highest BCUT2D eigenvalue weighted by Gasteiger charge is 2.14. The minimum atomic E-state index is -0.413. The van der Waals surface area contributed by atoms with E-state index in [0.29, 0.717) is 29.4 Å². The molecule has 8 heteroatoms. The average molecular weight is 413 g/mol. The molecule has 0 saturated carbocycles. The van der Waals surface area contributed by atoms with Gasteiger partial charge in [-0.15, -0.1) is 0 Å². The molecule has 0 unspecified atom stereocenters. The normalized spacial score (nSPS) is 10.5. The molecule has 2 aromatic heterocycles. The van der Waals surface area contributed by atoms with Gasteiger partial charge >= 0.3 is 0 Å². The van der Waals surface area contributed by atoms with Crippen LogP contribution in [0, 0.1) is 0 Å². The lowest BCUT2D eigenvalue weighted by atomic mass is 10.1. The second-order valence-corrected chi connectivity index (χ2v) is 6.70. The van der Waals surface area contributed by atoms with Crippen LogP contribution in [-0.4, -0.2) is 25.7 Å². The number of benzene rings is 2. The number of aryl methyl sites for hydroxylation is 1. The van der Waals surface area contributed by atoms with Crippen molar-refractivity contribution in [3.63, 3.8) is 0 Å². The van der Waals surface area contributed by atoms with Crippen LogP contribution in [-0.2, 0) is 13.7 Å². The van der Waals surface area contributed by atoms with Crippen LogP contribution < -0.4 is 15.6 Å². The van der Waals surface area contributed by atoms with Crippen molar-refractivity contribution >= 4 is 11.6 Å². The molecule has 1 amide bonds. The number of anilines is 1. The molecule has 8 nitrogen and oxygen atoms in total. The van der Waals surface area contributed by atoms with Gasteiger partial charge in [-0.2, -0.15) is 5.10 Å². The summed E-state index contributed by atoms with van der Waals surface area (Å²) in [5.74, 6) is -0.110. The molecule has 0 atom stereocenters. The Bertz CT molecular complexity index is 1270. The molecule has 0 spiro atoms. The fourth-order valence-electron chi connectivity index (χ4n) is 2.92. The Hall–Kier alpha value is -4.33. The van der Waals surface area contributed by atoms with Crippen LogP contribution in [0.5, 0.6) is 5.88 Å². The summed E-state index contributed by atoms with van der Waals surface area (Å²) >= 11 is 0. The molecular weight excluding hydrogens is 394 g/mol. The number of carbonyl (C=O) groups is 1. The van der Waals surface area contributed by atoms with Crippen LogP contribution in [0.2, 0.25) is 0 Å². The van der Waals surface area contributed by atoms with E-state index in [2.05, 4.69) is 20.4 Å². The Morgan fingerprint density at radius 3 is 2.58 bits per heavy atom. The van der Waals surface area contributed by atoms with Gasteiger partial charge in [0.2, 0.25) is 5.88 Å². The molecule has 0 bridgehead atoms. The summed E-state index contributed by atoms with van der Waals surface area (Å²) in [7, 11) is 1.57. The molecule has 2 heterocycles. The van der Waals surface area contributed by atoms with Crippen LogP contribution in [0.1, 0.15) is 16.1 Å². The first-order valence-electron chi connectivity index (χ1n) is 9.54. The highest BCUT2D eigenvalue weighted by Crippen LogP contribution is 2.26. The van der Waals surface area contributed by atoms with E-state index < -0.39 is 5.91 Å². The fraction of sp³-hybridized carbons (Fsp3) is 0.0870. The van der Waals surface area contributed by atoms with Crippen molar-refractivity contribution in [3.8, 4) is 17.1 Å². The fourth-order valence-corrected chi connectivity index (χ4v) is 2.92. The van der Waals surface area contributed by atoms with Crippen molar-refractivity contribution < 1.29 is 9.53 Å². The van der Waals surface area contributed by atoms with E-state index in [1.54, 1.807) is 25.2 Å². The van der Waals surface area contributed by atoms with Gasteiger partial charge in [0.1, 0.15) is 18.6 Å². The number of amides is 1. The maximum Gasteiger partial charge on any atom is 0.274 e. The maximum absolute atomic E-state index is 12.8. The summed E-state index contributed by atoms with van der Waals surface area (Å²) < 4.78 is 6.92. The first-order chi connectivity index (χ1) is 15.1. The van der Waals surface area contributed by atoms with E-state index in [-0.39, 0.29) is 11.3 Å². The number of para-hydroxylation sites is 1. The van der Waals surface area contributed by atoms with E-state index in [1.807, 2.05) is 42.5 Å². The van der Waals surface area contributed by atoms with Crippen LogP contribution in [0.4, 0.5) is 5.69 Å². The van der Waals surface area contributed by atoms with Crippen molar-refractivity contribution in [2.24, 2.45) is 7.05 Å². The van der Waals surface area contributed by atoms with E-state index in [1.165, 1.54) is 23.1 Å². The minimum absolute atomic E-state index is 0.168. The van der Waals surface area contributed by atoms with Gasteiger partial charge in [-0.1, -0.05) is 48.5 Å². The third-order valence-corrected chi connectivity index (χ3v) is 4.52. The number of ether oxygens (including phenoxy) is 1. The smallest absolute Gasteiger partial charge is 0.274 e. The lowest BCUT2D eigenvalue weighted by Gasteiger charge is -2.11. The summed E-state index contributed by atoms with van der Waals surface area (Å²) in [5.41, 5.74) is 2.74. The molecule has 0 aliphatic heterocycles. The predicted octanol–water partition coefficient (Wildman–Crippen LogP) is 3.07. The molecule has 0 fully saturated rings. The van der Waals surface area contributed by atoms with E-state index in [0.717, 1.165) is 5.56 Å². The maximum atomic E-state index is 12.8. The Labute approximate surface area is 178 Å². The molecule has 4 rings (SSSR count). The van der Waals surface area contributed by atoms with E-state index in [4.69, 9.17) is 4.74 Å². The predicted molar refractivity (Wildman–Crippen MR) is 116 cm³/mol. The largest absolute Gasteiger partial charge is 0.473 e. The molecule has 1 N–H and O–H groups in total. The van der Waals surface area contributed by atoms with Gasteiger partial charge in [0.05, 0.1) is 11.4 Å². The monoisotopic (exact) mass is 413 g/mol. The zero-order chi connectivity index (χ0) is 21.6. The Balaban J connectivity index is 1.52. The van der Waals surface area contributed by atoms with Gasteiger partial charge in [-0.05, 0) is 17.7 Å². The molecule has 0 aliphatic rings. The van der Waals surface area contributed by atoms with Gasteiger partial charge in [-0.3, -0.25) is 9.59 Å². The van der Waals surface area contributed by atoms with Crippen molar-refractivity contribution in [1.29, 1.82) is 0 Å². The van der Waals surface area contributed by atoms with Crippen LogP contribution in [0.15, 0.2) is 83.9 Å². The SMILES string of the molecule is Cn1nc(-c2ccccc2NC(=O)c2cc(OCc3ccccc3)ncn2)ccc1=O. The quantitative estimate of drug-likeness (QED) is 0.522. The number of aromatic nitrogens is 4. The van der Waals surface area contributed by atoms with E-state index in [9.17, 15) is 9.59 Å².